The van der Waals surface area contributed by atoms with Crippen molar-refractivity contribution in [3.63, 3.8) is 0 Å². The van der Waals surface area contributed by atoms with Gasteiger partial charge < -0.3 is 14.4 Å². The maximum Gasteiger partial charge on any atom is 0.309 e. The fourth-order valence-electron chi connectivity index (χ4n) is 5.20. The molecule has 8 heteroatoms. The molecule has 2 aromatic heterocycles. The molecule has 176 valence electrons. The molecule has 0 spiro atoms. The molecule has 0 saturated heterocycles. The van der Waals surface area contributed by atoms with Gasteiger partial charge in [-0.05, 0) is 53.4 Å². The van der Waals surface area contributed by atoms with Crippen molar-refractivity contribution in [3.8, 4) is 22.5 Å². The third-order valence-electron chi connectivity index (χ3n) is 7.04. The second-order valence-corrected chi connectivity index (χ2v) is 9.02. The summed E-state index contributed by atoms with van der Waals surface area (Å²) in [5.41, 5.74) is 2.18. The van der Waals surface area contributed by atoms with Gasteiger partial charge in [0.15, 0.2) is 0 Å². The Balaban J connectivity index is 1.67. The number of aromatic nitrogens is 2. The summed E-state index contributed by atoms with van der Waals surface area (Å²) in [6, 6.07) is 12.0. The van der Waals surface area contributed by atoms with Crippen molar-refractivity contribution in [3.05, 3.63) is 87.2 Å². The van der Waals surface area contributed by atoms with E-state index < -0.39 is 17.4 Å². The van der Waals surface area contributed by atoms with Gasteiger partial charge in [0.05, 0.1) is 35.4 Å². The summed E-state index contributed by atoms with van der Waals surface area (Å²) in [6.07, 6.45) is -0.0501. The van der Waals surface area contributed by atoms with E-state index in [1.54, 1.807) is 31.2 Å². The van der Waals surface area contributed by atoms with Gasteiger partial charge in [-0.25, -0.2) is 13.8 Å². The first-order valence-corrected chi connectivity index (χ1v) is 11.3. The van der Waals surface area contributed by atoms with E-state index in [1.807, 2.05) is 0 Å². The van der Waals surface area contributed by atoms with Crippen molar-refractivity contribution < 1.29 is 23.4 Å². The first-order chi connectivity index (χ1) is 16.8. The van der Waals surface area contributed by atoms with Crippen molar-refractivity contribution in [2.75, 3.05) is 0 Å². The summed E-state index contributed by atoms with van der Waals surface area (Å²) in [5, 5.41) is 12.0. The summed E-state index contributed by atoms with van der Waals surface area (Å²) >= 11 is 0. The second-order valence-electron chi connectivity index (χ2n) is 9.02. The van der Waals surface area contributed by atoms with E-state index >= 15 is 0 Å². The number of nitrogens with zero attached hydrogens (tertiary/aromatic N) is 2. The van der Waals surface area contributed by atoms with Crippen molar-refractivity contribution in [1.82, 2.24) is 9.55 Å². The van der Waals surface area contributed by atoms with Crippen molar-refractivity contribution >= 4 is 16.9 Å². The Bertz CT molecular complexity index is 1610. The molecule has 0 radical (unpaired) electrons. The van der Waals surface area contributed by atoms with Gasteiger partial charge in [-0.2, -0.15) is 0 Å². The monoisotopic (exact) mass is 474 g/mol. The largest absolute Gasteiger partial charge is 0.460 e. The molecule has 0 bridgehead atoms. The topological polar surface area (TPSA) is 81.4 Å². The highest BCUT2D eigenvalue weighted by molar-refractivity contribution is 5.99. The molecule has 1 N–H and O–H groups in total. The molecule has 1 atom stereocenters. The van der Waals surface area contributed by atoms with Crippen LogP contribution < -0.4 is 5.56 Å². The van der Waals surface area contributed by atoms with Crippen molar-refractivity contribution in [1.29, 1.82) is 0 Å². The molecule has 4 aromatic rings. The summed E-state index contributed by atoms with van der Waals surface area (Å²) in [4.78, 5) is 30.4. The normalized spacial score (nSPS) is 18.6. The molecule has 35 heavy (non-hydrogen) atoms. The highest BCUT2D eigenvalue weighted by atomic mass is 19.1. The lowest BCUT2D eigenvalue weighted by molar-refractivity contribution is -0.149. The van der Waals surface area contributed by atoms with E-state index in [0.29, 0.717) is 33.4 Å². The van der Waals surface area contributed by atoms with E-state index in [9.17, 15) is 23.5 Å². The minimum atomic E-state index is -1.55. The Hall–Kier alpha value is -3.91. The summed E-state index contributed by atoms with van der Waals surface area (Å²) < 4.78 is 34.6. The molecule has 4 heterocycles. The van der Waals surface area contributed by atoms with Crippen LogP contribution >= 0.6 is 0 Å². The van der Waals surface area contributed by atoms with Crippen molar-refractivity contribution in [2.45, 2.75) is 38.5 Å². The lowest BCUT2D eigenvalue weighted by Crippen LogP contribution is -2.32. The Morgan fingerprint density at radius 1 is 1.06 bits per heavy atom. The standard InChI is InChI=1S/C27H20F2N2O4/c1-2-27(34)11-23(32)35-13-19-20(27)10-22-25-18(12-31(22)26(19)33)24(14-3-5-15(28)6-4-14)17-8-7-16(29)9-21(17)30-25/h3-10,34H,2,11-13H2,1H3/t27-/m1/s1. The first-order valence-electron chi connectivity index (χ1n) is 11.3. The van der Waals surface area contributed by atoms with Gasteiger partial charge in [-0.1, -0.05) is 19.1 Å². The maximum atomic E-state index is 14.2. The highest BCUT2D eigenvalue weighted by Gasteiger charge is 2.39. The second kappa shape index (κ2) is 7.55. The summed E-state index contributed by atoms with van der Waals surface area (Å²) in [7, 11) is 0. The van der Waals surface area contributed by atoms with Crippen LogP contribution in [0.5, 0.6) is 0 Å². The first kappa shape index (κ1) is 21.6. The number of carbonyl (C=O) groups is 1. The van der Waals surface area contributed by atoms with Crippen LogP contribution in [0.4, 0.5) is 8.78 Å². The summed E-state index contributed by atoms with van der Waals surface area (Å²) in [5.74, 6) is -1.41. The van der Waals surface area contributed by atoms with Gasteiger partial charge in [-0.15, -0.1) is 0 Å². The van der Waals surface area contributed by atoms with Crippen LogP contribution in [0.3, 0.4) is 0 Å². The fraction of sp³-hybridized carbons (Fsp3) is 0.222. The smallest absolute Gasteiger partial charge is 0.309 e. The molecule has 0 unspecified atom stereocenters. The van der Waals surface area contributed by atoms with Gasteiger partial charge in [-0.3, -0.25) is 9.59 Å². The lowest BCUT2D eigenvalue weighted by Gasteiger charge is -2.26. The number of ether oxygens (including phenoxy) is 1. The maximum absolute atomic E-state index is 14.2. The van der Waals surface area contributed by atoms with Crippen LogP contribution in [0.2, 0.25) is 0 Å². The van der Waals surface area contributed by atoms with Gasteiger partial charge in [0.2, 0.25) is 0 Å². The molecule has 6 nitrogen and oxygen atoms in total. The zero-order chi connectivity index (χ0) is 24.5. The Morgan fingerprint density at radius 2 is 1.80 bits per heavy atom. The number of hydrogen-bond acceptors (Lipinski definition) is 5. The van der Waals surface area contributed by atoms with Gasteiger partial charge in [0.25, 0.3) is 5.56 Å². The van der Waals surface area contributed by atoms with Gasteiger partial charge in [0, 0.05) is 17.0 Å². The number of carbonyl (C=O) groups excluding carboxylic acids is 1. The molecular formula is C27H20F2N2O4. The third-order valence-corrected chi connectivity index (χ3v) is 7.04. The number of cyclic esters (lactones) is 1. The minimum Gasteiger partial charge on any atom is -0.460 e. The Labute approximate surface area is 198 Å². The average Bonchev–Trinajstić information content (AvgIpc) is 3.14. The number of pyridine rings is 2. The Morgan fingerprint density at radius 3 is 2.54 bits per heavy atom. The number of esters is 1. The van der Waals surface area contributed by atoms with E-state index in [1.165, 1.54) is 28.8 Å². The molecule has 2 aromatic carbocycles. The lowest BCUT2D eigenvalue weighted by atomic mass is 9.85. The average molecular weight is 474 g/mol. The highest BCUT2D eigenvalue weighted by Crippen LogP contribution is 2.43. The van der Waals surface area contributed by atoms with Crippen LogP contribution in [0.15, 0.2) is 53.3 Å². The number of rotatable bonds is 2. The molecule has 0 saturated carbocycles. The SMILES string of the molecule is CC[C@@]1(O)CC(=O)OCc2c1cc1n(c2=O)Cc2c-1nc1cc(F)ccc1c2-c1ccc(F)cc1. The molecular weight excluding hydrogens is 454 g/mol. The molecule has 6 rings (SSSR count). The van der Waals surface area contributed by atoms with E-state index in [2.05, 4.69) is 0 Å². The van der Waals surface area contributed by atoms with Crippen LogP contribution in [-0.4, -0.2) is 20.6 Å². The van der Waals surface area contributed by atoms with Crippen molar-refractivity contribution in [2.24, 2.45) is 0 Å². The molecule has 2 aliphatic rings. The number of halogens is 2. The predicted molar refractivity (Wildman–Crippen MR) is 124 cm³/mol. The third kappa shape index (κ3) is 3.20. The number of benzene rings is 2. The van der Waals surface area contributed by atoms with Gasteiger partial charge in [0.1, 0.15) is 23.8 Å². The molecule has 0 amide bonds. The van der Waals surface area contributed by atoms with E-state index in [-0.39, 0.29) is 42.9 Å². The number of hydrogen-bond donors (Lipinski definition) is 1. The fourth-order valence-corrected chi connectivity index (χ4v) is 5.20. The molecule has 0 aliphatic carbocycles. The van der Waals surface area contributed by atoms with Gasteiger partial charge >= 0.3 is 5.97 Å². The number of fused-ring (bicyclic) bond motifs is 5. The Kier molecular flexibility index (Phi) is 4.66. The number of aliphatic hydroxyl groups is 1. The molecule has 2 aliphatic heterocycles. The molecule has 0 fully saturated rings. The predicted octanol–water partition coefficient (Wildman–Crippen LogP) is 4.41. The van der Waals surface area contributed by atoms with Crippen LogP contribution in [0, 0.1) is 11.6 Å². The summed E-state index contributed by atoms with van der Waals surface area (Å²) in [6.45, 7) is 1.70. The van der Waals surface area contributed by atoms with Crippen LogP contribution in [-0.2, 0) is 28.3 Å². The van der Waals surface area contributed by atoms with E-state index in [4.69, 9.17) is 9.72 Å². The zero-order valence-electron chi connectivity index (χ0n) is 18.8. The minimum absolute atomic E-state index is 0.183. The zero-order valence-corrected chi connectivity index (χ0v) is 18.8. The van der Waals surface area contributed by atoms with E-state index in [0.717, 1.165) is 11.1 Å². The quantitative estimate of drug-likeness (QED) is 0.383. The van der Waals surface area contributed by atoms with Crippen LogP contribution in [0.25, 0.3) is 33.4 Å². The van der Waals surface area contributed by atoms with Crippen LogP contribution in [0.1, 0.15) is 36.5 Å².